The fraction of sp³-hybridized carbons (Fsp3) is 0.462. The molecule has 1 rings (SSSR count). The molecule has 0 bridgehead atoms. The van der Waals surface area contributed by atoms with Gasteiger partial charge in [-0.2, -0.15) is 5.26 Å². The predicted octanol–water partition coefficient (Wildman–Crippen LogP) is 2.67. The molecule has 1 aromatic rings. The Morgan fingerprint density at radius 1 is 1.29 bits per heavy atom. The second-order valence-corrected chi connectivity index (χ2v) is 4.42. The van der Waals surface area contributed by atoms with Crippen LogP contribution in [0.5, 0.6) is 11.5 Å². The molecule has 0 atom stereocenters. The van der Waals surface area contributed by atoms with Gasteiger partial charge in [0, 0.05) is 12.6 Å². The van der Waals surface area contributed by atoms with Crippen LogP contribution in [0.25, 0.3) is 0 Å². The maximum absolute atomic E-state index is 8.94. The van der Waals surface area contributed by atoms with Crippen LogP contribution in [-0.2, 0) is 0 Å². The molecule has 0 aliphatic rings. The van der Waals surface area contributed by atoms with Crippen molar-refractivity contribution in [3.8, 4) is 17.6 Å². The van der Waals surface area contributed by atoms with Crippen LogP contribution in [0.2, 0.25) is 0 Å². The molecule has 0 radical (unpaired) electrons. The topological polar surface area (TPSA) is 54.3 Å². The first kappa shape index (κ1) is 13.2. The van der Waals surface area contributed by atoms with Gasteiger partial charge in [-0.05, 0) is 26.0 Å². The van der Waals surface area contributed by atoms with E-state index in [0.29, 0.717) is 12.3 Å². The van der Waals surface area contributed by atoms with E-state index in [4.69, 9.17) is 14.7 Å². The van der Waals surface area contributed by atoms with Gasteiger partial charge in [0.15, 0.2) is 0 Å². The number of hydrogen-bond acceptors (Lipinski definition) is 4. The van der Waals surface area contributed by atoms with Crippen LogP contribution < -0.4 is 14.8 Å². The lowest BCUT2D eigenvalue weighted by Crippen LogP contribution is -2.21. The third-order valence-corrected chi connectivity index (χ3v) is 2.43. The lowest BCUT2D eigenvalue weighted by atomic mass is 9.96. The summed E-state index contributed by atoms with van der Waals surface area (Å²) in [4.78, 5) is 0. The van der Waals surface area contributed by atoms with Gasteiger partial charge in [0.1, 0.15) is 11.5 Å². The van der Waals surface area contributed by atoms with Gasteiger partial charge in [-0.15, -0.1) is 0 Å². The summed E-state index contributed by atoms with van der Waals surface area (Å²) in [6, 6.07) is 7.78. The Morgan fingerprint density at radius 3 is 2.53 bits per heavy atom. The van der Waals surface area contributed by atoms with Crippen LogP contribution in [0, 0.1) is 16.7 Å². The summed E-state index contributed by atoms with van der Waals surface area (Å²) in [5.41, 5.74) is 0.446. The summed E-state index contributed by atoms with van der Waals surface area (Å²) in [5.74, 6) is 1.45. The first-order chi connectivity index (χ1) is 8.02. The number of nitrogens with zero attached hydrogens (tertiary/aromatic N) is 1. The molecule has 0 amide bonds. The summed E-state index contributed by atoms with van der Waals surface area (Å²) < 4.78 is 10.4. The minimum Gasteiger partial charge on any atom is -0.497 e. The van der Waals surface area contributed by atoms with Crippen molar-refractivity contribution < 1.29 is 9.47 Å². The molecule has 4 heteroatoms. The number of benzene rings is 1. The second kappa shape index (κ2) is 5.44. The highest BCUT2D eigenvalue weighted by atomic mass is 16.5. The minimum absolute atomic E-state index is 0.412. The number of nitriles is 1. The van der Waals surface area contributed by atoms with E-state index in [-0.39, 0.29) is 0 Å². The summed E-state index contributed by atoms with van der Waals surface area (Å²) in [6.07, 6.45) is 0. The number of ether oxygens (including phenoxy) is 2. The number of rotatable bonds is 5. The largest absolute Gasteiger partial charge is 0.497 e. The van der Waals surface area contributed by atoms with Gasteiger partial charge >= 0.3 is 0 Å². The Kier molecular flexibility index (Phi) is 4.22. The van der Waals surface area contributed by atoms with Gasteiger partial charge in [-0.25, -0.2) is 0 Å². The fourth-order valence-electron chi connectivity index (χ4n) is 1.30. The van der Waals surface area contributed by atoms with Gasteiger partial charge in [0.2, 0.25) is 0 Å². The standard InChI is InChI=1S/C13H18N2O2/c1-13(2,8-14)9-15-11-6-5-10(16-3)7-12(11)17-4/h5-7,15H,9H2,1-4H3. The number of anilines is 1. The summed E-state index contributed by atoms with van der Waals surface area (Å²) in [6.45, 7) is 4.33. The Balaban J connectivity index is 2.81. The van der Waals surface area contributed by atoms with E-state index in [1.54, 1.807) is 14.2 Å². The predicted molar refractivity (Wildman–Crippen MR) is 67.4 cm³/mol. The normalized spacial score (nSPS) is 10.5. The molecule has 1 aromatic carbocycles. The molecular weight excluding hydrogens is 216 g/mol. The Labute approximate surface area is 102 Å². The lowest BCUT2D eigenvalue weighted by Gasteiger charge is -2.18. The molecule has 1 N–H and O–H groups in total. The molecule has 0 unspecified atom stereocenters. The van der Waals surface area contributed by atoms with Crippen LogP contribution in [0.3, 0.4) is 0 Å². The van der Waals surface area contributed by atoms with Crippen LogP contribution in [0.15, 0.2) is 18.2 Å². The van der Waals surface area contributed by atoms with Crippen molar-refractivity contribution in [1.29, 1.82) is 5.26 Å². The highest BCUT2D eigenvalue weighted by molar-refractivity contribution is 5.59. The maximum Gasteiger partial charge on any atom is 0.145 e. The van der Waals surface area contributed by atoms with Crippen molar-refractivity contribution in [2.45, 2.75) is 13.8 Å². The van der Waals surface area contributed by atoms with Crippen molar-refractivity contribution in [3.63, 3.8) is 0 Å². The van der Waals surface area contributed by atoms with E-state index >= 15 is 0 Å². The SMILES string of the molecule is COc1ccc(NCC(C)(C)C#N)c(OC)c1. The molecule has 0 heterocycles. The second-order valence-electron chi connectivity index (χ2n) is 4.42. The third-order valence-electron chi connectivity index (χ3n) is 2.43. The van der Waals surface area contributed by atoms with Crippen molar-refractivity contribution in [3.05, 3.63) is 18.2 Å². The van der Waals surface area contributed by atoms with Crippen LogP contribution >= 0.6 is 0 Å². The summed E-state index contributed by atoms with van der Waals surface area (Å²) in [5, 5.41) is 12.1. The molecule has 4 nitrogen and oxygen atoms in total. The molecule has 0 aromatic heterocycles. The fourth-order valence-corrected chi connectivity index (χ4v) is 1.30. The van der Waals surface area contributed by atoms with Gasteiger partial charge in [-0.3, -0.25) is 0 Å². The monoisotopic (exact) mass is 234 g/mol. The average Bonchev–Trinajstić information content (AvgIpc) is 2.36. The maximum atomic E-state index is 8.94. The first-order valence-electron chi connectivity index (χ1n) is 5.39. The zero-order valence-corrected chi connectivity index (χ0v) is 10.7. The van der Waals surface area contributed by atoms with E-state index in [1.807, 2.05) is 32.0 Å². The number of hydrogen-bond donors (Lipinski definition) is 1. The highest BCUT2D eigenvalue weighted by Crippen LogP contribution is 2.29. The number of nitrogens with one attached hydrogen (secondary N) is 1. The third kappa shape index (κ3) is 3.56. The Hall–Kier alpha value is -1.89. The van der Waals surface area contributed by atoms with Crippen molar-refractivity contribution in [2.24, 2.45) is 5.41 Å². The molecule has 0 saturated heterocycles. The lowest BCUT2D eigenvalue weighted by molar-refractivity contribution is 0.395. The van der Waals surface area contributed by atoms with Gasteiger partial charge in [0.25, 0.3) is 0 Å². The zero-order valence-electron chi connectivity index (χ0n) is 10.7. The van der Waals surface area contributed by atoms with Crippen molar-refractivity contribution in [1.82, 2.24) is 0 Å². The van der Waals surface area contributed by atoms with Crippen LogP contribution in [0.4, 0.5) is 5.69 Å². The van der Waals surface area contributed by atoms with Crippen molar-refractivity contribution in [2.75, 3.05) is 26.1 Å². The molecule has 0 spiro atoms. The quantitative estimate of drug-likeness (QED) is 0.851. The highest BCUT2D eigenvalue weighted by Gasteiger charge is 2.17. The van der Waals surface area contributed by atoms with Crippen molar-refractivity contribution >= 4 is 5.69 Å². The first-order valence-corrected chi connectivity index (χ1v) is 5.39. The Morgan fingerprint density at radius 2 is 2.00 bits per heavy atom. The van der Waals surface area contributed by atoms with Crippen LogP contribution in [0.1, 0.15) is 13.8 Å². The van der Waals surface area contributed by atoms with Gasteiger partial charge < -0.3 is 14.8 Å². The molecule has 0 aliphatic heterocycles. The zero-order chi connectivity index (χ0) is 12.9. The smallest absolute Gasteiger partial charge is 0.145 e. The molecule has 0 aliphatic carbocycles. The van der Waals surface area contributed by atoms with Crippen LogP contribution in [-0.4, -0.2) is 20.8 Å². The van der Waals surface area contributed by atoms with Gasteiger partial charge in [0.05, 0.1) is 31.4 Å². The van der Waals surface area contributed by atoms with Gasteiger partial charge in [-0.1, -0.05) is 0 Å². The van der Waals surface area contributed by atoms with E-state index in [0.717, 1.165) is 11.4 Å². The van der Waals surface area contributed by atoms with E-state index in [2.05, 4.69) is 11.4 Å². The molecule has 92 valence electrons. The summed E-state index contributed by atoms with van der Waals surface area (Å²) in [7, 11) is 3.22. The van der Waals surface area contributed by atoms with E-state index < -0.39 is 5.41 Å². The average molecular weight is 234 g/mol. The molecule has 17 heavy (non-hydrogen) atoms. The molecule has 0 saturated carbocycles. The molecular formula is C13H18N2O2. The number of methoxy groups -OCH3 is 2. The molecule has 0 fully saturated rings. The van der Waals surface area contributed by atoms with E-state index in [1.165, 1.54) is 0 Å². The summed E-state index contributed by atoms with van der Waals surface area (Å²) >= 11 is 0. The Bertz CT molecular complexity index is 422. The minimum atomic E-state index is -0.412. The van der Waals surface area contributed by atoms with E-state index in [9.17, 15) is 0 Å².